The number of hydrogen-bond acceptors (Lipinski definition) is 3. The van der Waals surface area contributed by atoms with Gasteiger partial charge in [-0.2, -0.15) is 0 Å². The Morgan fingerprint density at radius 2 is 1.75 bits per heavy atom. The number of anilines is 2. The first-order chi connectivity index (χ1) is 11.4. The fourth-order valence-electron chi connectivity index (χ4n) is 2.17. The predicted octanol–water partition coefficient (Wildman–Crippen LogP) is 3.02. The van der Waals surface area contributed by atoms with Crippen molar-refractivity contribution in [1.29, 1.82) is 0 Å². The first kappa shape index (κ1) is 17.3. The summed E-state index contributed by atoms with van der Waals surface area (Å²) in [5, 5.41) is 2.43. The van der Waals surface area contributed by atoms with Crippen molar-refractivity contribution in [1.82, 2.24) is 0 Å². The van der Waals surface area contributed by atoms with Crippen molar-refractivity contribution >= 4 is 29.0 Å². The van der Waals surface area contributed by atoms with E-state index in [1.807, 2.05) is 0 Å². The molecule has 0 aliphatic rings. The molecule has 0 heterocycles. The molecule has 124 valence electrons. The molecule has 0 spiro atoms. The summed E-state index contributed by atoms with van der Waals surface area (Å²) in [5.41, 5.74) is 0.913. The molecular formula is C18H17FN2O3. The number of para-hydroxylation sites is 1. The minimum Gasteiger partial charge on any atom is -0.322 e. The molecule has 2 amide bonds. The number of hydrogen-bond donors (Lipinski definition) is 1. The Kier molecular flexibility index (Phi) is 5.42. The summed E-state index contributed by atoms with van der Waals surface area (Å²) in [6, 6.07) is 12.2. The molecule has 2 aromatic rings. The van der Waals surface area contributed by atoms with Gasteiger partial charge >= 0.3 is 0 Å². The number of amides is 2. The first-order valence-corrected chi connectivity index (χ1v) is 7.32. The summed E-state index contributed by atoms with van der Waals surface area (Å²) >= 11 is 0. The van der Waals surface area contributed by atoms with Gasteiger partial charge in [0.2, 0.25) is 11.8 Å². The highest BCUT2D eigenvalue weighted by molar-refractivity contribution is 6.03. The first-order valence-electron chi connectivity index (χ1n) is 7.32. The minimum atomic E-state index is -0.557. The molecule has 2 aromatic carbocycles. The third-order valence-corrected chi connectivity index (χ3v) is 3.39. The molecule has 0 saturated heterocycles. The smallest absolute Gasteiger partial charge is 0.244 e. The number of halogens is 1. The van der Waals surface area contributed by atoms with E-state index in [4.69, 9.17) is 0 Å². The van der Waals surface area contributed by atoms with Crippen molar-refractivity contribution in [2.75, 3.05) is 16.8 Å². The highest BCUT2D eigenvalue weighted by Gasteiger charge is 2.17. The second-order valence-corrected chi connectivity index (χ2v) is 5.24. The van der Waals surface area contributed by atoms with Gasteiger partial charge in [-0.3, -0.25) is 14.4 Å². The van der Waals surface area contributed by atoms with Gasteiger partial charge in [0, 0.05) is 18.2 Å². The van der Waals surface area contributed by atoms with Gasteiger partial charge in [-0.15, -0.1) is 0 Å². The number of ketones is 1. The normalized spacial score (nSPS) is 10.1. The molecule has 6 heteroatoms. The van der Waals surface area contributed by atoms with Crippen molar-refractivity contribution in [3.63, 3.8) is 0 Å². The molecule has 0 bridgehead atoms. The van der Waals surface area contributed by atoms with Crippen LogP contribution in [0.25, 0.3) is 0 Å². The number of rotatable bonds is 5. The topological polar surface area (TPSA) is 66.5 Å². The maximum Gasteiger partial charge on any atom is 0.244 e. The molecular weight excluding hydrogens is 311 g/mol. The van der Waals surface area contributed by atoms with Gasteiger partial charge in [0.05, 0.1) is 5.69 Å². The van der Waals surface area contributed by atoms with Gasteiger partial charge < -0.3 is 10.2 Å². The second-order valence-electron chi connectivity index (χ2n) is 5.24. The van der Waals surface area contributed by atoms with E-state index in [2.05, 4.69) is 5.32 Å². The predicted molar refractivity (Wildman–Crippen MR) is 89.5 cm³/mol. The zero-order valence-electron chi connectivity index (χ0n) is 13.4. The van der Waals surface area contributed by atoms with Crippen LogP contribution in [0.15, 0.2) is 48.5 Å². The lowest BCUT2D eigenvalue weighted by Gasteiger charge is -2.21. The van der Waals surface area contributed by atoms with E-state index in [-0.39, 0.29) is 23.9 Å². The van der Waals surface area contributed by atoms with Gasteiger partial charge in [-0.05, 0) is 31.2 Å². The standard InChI is InChI=1S/C18H17FN2O3/c1-12(22)14-6-5-7-15(10-14)21(13(2)23)11-18(24)20-17-9-4-3-8-16(17)19/h3-10H,11H2,1-2H3,(H,20,24). The van der Waals surface area contributed by atoms with Crippen LogP contribution in [0.5, 0.6) is 0 Å². The van der Waals surface area contributed by atoms with Crippen molar-refractivity contribution < 1.29 is 18.8 Å². The Balaban J connectivity index is 2.18. The van der Waals surface area contributed by atoms with Crippen LogP contribution in [0.2, 0.25) is 0 Å². The molecule has 0 saturated carbocycles. The monoisotopic (exact) mass is 328 g/mol. The van der Waals surface area contributed by atoms with Gasteiger partial charge in [0.1, 0.15) is 12.4 Å². The summed E-state index contributed by atoms with van der Waals surface area (Å²) in [6.07, 6.45) is 0. The molecule has 5 nitrogen and oxygen atoms in total. The van der Waals surface area contributed by atoms with Crippen molar-refractivity contribution in [2.45, 2.75) is 13.8 Å². The van der Waals surface area contributed by atoms with Crippen LogP contribution in [0.3, 0.4) is 0 Å². The number of nitrogens with zero attached hydrogens (tertiary/aromatic N) is 1. The molecule has 0 aliphatic heterocycles. The molecule has 2 rings (SSSR count). The minimum absolute atomic E-state index is 0.0449. The van der Waals surface area contributed by atoms with E-state index in [9.17, 15) is 18.8 Å². The molecule has 0 aliphatic carbocycles. The van der Waals surface area contributed by atoms with Gasteiger partial charge in [-0.1, -0.05) is 24.3 Å². The zero-order chi connectivity index (χ0) is 17.7. The van der Waals surface area contributed by atoms with Gasteiger partial charge in [0.25, 0.3) is 0 Å². The number of benzene rings is 2. The Morgan fingerprint density at radius 1 is 1.04 bits per heavy atom. The highest BCUT2D eigenvalue weighted by Crippen LogP contribution is 2.18. The third kappa shape index (κ3) is 4.25. The van der Waals surface area contributed by atoms with Gasteiger partial charge in [-0.25, -0.2) is 4.39 Å². The Morgan fingerprint density at radius 3 is 2.38 bits per heavy atom. The van der Waals surface area contributed by atoms with E-state index in [1.54, 1.807) is 30.3 Å². The van der Waals surface area contributed by atoms with E-state index < -0.39 is 11.7 Å². The summed E-state index contributed by atoms with van der Waals surface area (Å²) in [6.45, 7) is 2.45. The molecule has 0 atom stereocenters. The maximum atomic E-state index is 13.6. The second kappa shape index (κ2) is 7.50. The summed E-state index contributed by atoms with van der Waals surface area (Å²) in [5.74, 6) is -1.60. The Bertz CT molecular complexity index is 789. The molecule has 0 radical (unpaired) electrons. The molecule has 0 fully saturated rings. The number of Topliss-reactive ketones (excluding diaryl/α,β-unsaturated/α-hetero) is 1. The van der Waals surface area contributed by atoms with E-state index in [1.165, 1.54) is 36.9 Å². The van der Waals surface area contributed by atoms with Crippen LogP contribution < -0.4 is 10.2 Å². The van der Waals surface area contributed by atoms with Crippen LogP contribution >= 0.6 is 0 Å². The Labute approximate surface area is 139 Å². The quantitative estimate of drug-likeness (QED) is 0.858. The zero-order valence-corrected chi connectivity index (χ0v) is 13.4. The van der Waals surface area contributed by atoms with Crippen molar-refractivity contribution in [3.8, 4) is 0 Å². The summed E-state index contributed by atoms with van der Waals surface area (Å²) in [4.78, 5) is 36.7. The van der Waals surface area contributed by atoms with E-state index in [0.717, 1.165) is 0 Å². The third-order valence-electron chi connectivity index (χ3n) is 3.39. The van der Waals surface area contributed by atoms with Crippen LogP contribution in [-0.4, -0.2) is 24.1 Å². The lowest BCUT2D eigenvalue weighted by atomic mass is 10.1. The largest absolute Gasteiger partial charge is 0.322 e. The maximum absolute atomic E-state index is 13.6. The summed E-state index contributed by atoms with van der Waals surface area (Å²) < 4.78 is 13.6. The number of carbonyl (C=O) groups excluding carboxylic acids is 3. The lowest BCUT2D eigenvalue weighted by molar-refractivity contribution is -0.120. The van der Waals surface area contributed by atoms with Crippen LogP contribution in [0, 0.1) is 5.82 Å². The number of carbonyl (C=O) groups is 3. The fraction of sp³-hybridized carbons (Fsp3) is 0.167. The van der Waals surface area contributed by atoms with Crippen molar-refractivity contribution in [3.05, 3.63) is 59.9 Å². The van der Waals surface area contributed by atoms with Crippen LogP contribution in [-0.2, 0) is 9.59 Å². The summed E-state index contributed by atoms with van der Waals surface area (Å²) in [7, 11) is 0. The average molecular weight is 328 g/mol. The SMILES string of the molecule is CC(=O)c1cccc(N(CC(=O)Nc2ccccc2F)C(C)=O)c1. The average Bonchev–Trinajstić information content (AvgIpc) is 2.54. The van der Waals surface area contributed by atoms with E-state index in [0.29, 0.717) is 11.3 Å². The van der Waals surface area contributed by atoms with Crippen LogP contribution in [0.1, 0.15) is 24.2 Å². The molecule has 0 unspecified atom stereocenters. The molecule has 1 N–H and O–H groups in total. The number of nitrogens with one attached hydrogen (secondary N) is 1. The molecule has 24 heavy (non-hydrogen) atoms. The van der Waals surface area contributed by atoms with Crippen LogP contribution in [0.4, 0.5) is 15.8 Å². The van der Waals surface area contributed by atoms with Gasteiger partial charge in [0.15, 0.2) is 5.78 Å². The molecule has 0 aromatic heterocycles. The highest BCUT2D eigenvalue weighted by atomic mass is 19.1. The fourth-order valence-corrected chi connectivity index (χ4v) is 2.17. The Hall–Kier alpha value is -3.02. The lowest BCUT2D eigenvalue weighted by Crippen LogP contribution is -2.36. The van der Waals surface area contributed by atoms with Crippen molar-refractivity contribution in [2.24, 2.45) is 0 Å². The van der Waals surface area contributed by atoms with E-state index >= 15 is 0 Å².